The van der Waals surface area contributed by atoms with E-state index in [0.29, 0.717) is 0 Å². The van der Waals surface area contributed by atoms with Gasteiger partial charge in [-0.15, -0.1) is 0 Å². The third-order valence-corrected chi connectivity index (χ3v) is 6.19. The third-order valence-electron chi connectivity index (χ3n) is 6.19. The van der Waals surface area contributed by atoms with E-state index in [1.165, 1.54) is 83.8 Å². The van der Waals surface area contributed by atoms with Crippen molar-refractivity contribution in [2.75, 3.05) is 19.6 Å². The van der Waals surface area contributed by atoms with Crippen LogP contribution in [0.3, 0.4) is 0 Å². The van der Waals surface area contributed by atoms with Crippen LogP contribution >= 0.6 is 0 Å². The number of nitrogens with one attached hydrogen (secondary N) is 1. The molecule has 2 nitrogen and oxygen atoms in total. The van der Waals surface area contributed by atoms with Gasteiger partial charge in [-0.05, 0) is 76.3 Å². The highest BCUT2D eigenvalue weighted by atomic mass is 15.2. The minimum atomic E-state index is 0.842. The molecule has 2 heteroatoms. The normalized spacial score (nSPS) is 40.0. The van der Waals surface area contributed by atoms with E-state index in [1.807, 2.05) is 0 Å². The second kappa shape index (κ2) is 7.26. The summed E-state index contributed by atoms with van der Waals surface area (Å²) in [5.41, 5.74) is 0. The maximum Gasteiger partial charge on any atom is 0.0108 e. The summed E-state index contributed by atoms with van der Waals surface area (Å²) in [6.45, 7) is 6.38. The van der Waals surface area contributed by atoms with Gasteiger partial charge in [0, 0.05) is 18.6 Å². The first-order chi connectivity index (χ1) is 9.86. The lowest BCUT2D eigenvalue weighted by Gasteiger charge is -2.43. The van der Waals surface area contributed by atoms with Crippen LogP contribution in [0.5, 0.6) is 0 Å². The van der Waals surface area contributed by atoms with Crippen LogP contribution < -0.4 is 5.32 Å². The van der Waals surface area contributed by atoms with Crippen LogP contribution in [0.2, 0.25) is 0 Å². The lowest BCUT2D eigenvalue weighted by atomic mass is 9.81. The maximum atomic E-state index is 3.75. The van der Waals surface area contributed by atoms with Gasteiger partial charge < -0.3 is 10.2 Å². The standard InChI is InChI=1S/C18H34N2/c1-2-5-15-8-10-17(11-9-15)20-13-4-6-16(14-20)18-7-3-12-19-18/h15-19H,2-14H2,1H3. The molecule has 1 aliphatic carbocycles. The minimum Gasteiger partial charge on any atom is -0.314 e. The molecule has 3 aliphatic rings. The monoisotopic (exact) mass is 278 g/mol. The topological polar surface area (TPSA) is 15.3 Å². The second-order valence-corrected chi connectivity index (χ2v) is 7.56. The quantitative estimate of drug-likeness (QED) is 0.841. The van der Waals surface area contributed by atoms with Gasteiger partial charge in [-0.1, -0.05) is 19.8 Å². The fraction of sp³-hybridized carbons (Fsp3) is 1.00. The Bertz CT molecular complexity index is 277. The molecule has 2 unspecified atom stereocenters. The molecule has 0 amide bonds. The van der Waals surface area contributed by atoms with Crippen molar-refractivity contribution in [3.63, 3.8) is 0 Å². The van der Waals surface area contributed by atoms with Crippen LogP contribution in [0.15, 0.2) is 0 Å². The number of hydrogen-bond donors (Lipinski definition) is 1. The highest BCUT2D eigenvalue weighted by Gasteiger charge is 2.33. The first-order valence-electron chi connectivity index (χ1n) is 9.34. The van der Waals surface area contributed by atoms with Crippen LogP contribution in [-0.2, 0) is 0 Å². The summed E-state index contributed by atoms with van der Waals surface area (Å²) in [6, 6.07) is 1.77. The van der Waals surface area contributed by atoms with E-state index in [0.717, 1.165) is 23.9 Å². The Balaban J connectivity index is 1.47. The zero-order valence-electron chi connectivity index (χ0n) is 13.4. The van der Waals surface area contributed by atoms with E-state index in [9.17, 15) is 0 Å². The van der Waals surface area contributed by atoms with Gasteiger partial charge >= 0.3 is 0 Å². The molecular formula is C18H34N2. The molecule has 2 heterocycles. The van der Waals surface area contributed by atoms with E-state index in [4.69, 9.17) is 0 Å². The molecule has 2 aliphatic heterocycles. The summed E-state index contributed by atoms with van der Waals surface area (Å²) in [5, 5.41) is 3.75. The van der Waals surface area contributed by atoms with Crippen LogP contribution in [0.25, 0.3) is 0 Å². The number of rotatable bonds is 4. The first kappa shape index (κ1) is 14.8. The van der Waals surface area contributed by atoms with Gasteiger partial charge in [-0.3, -0.25) is 0 Å². The van der Waals surface area contributed by atoms with Crippen molar-refractivity contribution < 1.29 is 0 Å². The van der Waals surface area contributed by atoms with E-state index in [2.05, 4.69) is 17.1 Å². The number of likely N-dealkylation sites (tertiary alicyclic amines) is 1. The second-order valence-electron chi connectivity index (χ2n) is 7.56. The van der Waals surface area contributed by atoms with E-state index in [-0.39, 0.29) is 0 Å². The van der Waals surface area contributed by atoms with Crippen molar-refractivity contribution in [1.82, 2.24) is 10.2 Å². The molecule has 0 radical (unpaired) electrons. The summed E-state index contributed by atoms with van der Waals surface area (Å²) in [5.74, 6) is 1.99. The first-order valence-corrected chi connectivity index (χ1v) is 9.34. The van der Waals surface area contributed by atoms with Gasteiger partial charge in [0.15, 0.2) is 0 Å². The maximum absolute atomic E-state index is 3.75. The predicted octanol–water partition coefficient (Wildman–Crippen LogP) is 3.81. The fourth-order valence-electron chi connectivity index (χ4n) is 5.02. The average Bonchev–Trinajstić information content (AvgIpc) is 3.03. The summed E-state index contributed by atoms with van der Waals surface area (Å²) < 4.78 is 0. The Labute approximate surface area is 125 Å². The average molecular weight is 278 g/mol. The Hall–Kier alpha value is -0.0800. The van der Waals surface area contributed by atoms with Crippen molar-refractivity contribution in [2.45, 2.75) is 83.2 Å². The summed E-state index contributed by atoms with van der Waals surface area (Å²) >= 11 is 0. The summed E-state index contributed by atoms with van der Waals surface area (Å²) in [4.78, 5) is 2.87. The molecule has 20 heavy (non-hydrogen) atoms. The highest BCUT2D eigenvalue weighted by molar-refractivity contribution is 4.89. The lowest BCUT2D eigenvalue weighted by Crippen LogP contribution is -2.48. The van der Waals surface area contributed by atoms with Crippen LogP contribution in [0.4, 0.5) is 0 Å². The molecular weight excluding hydrogens is 244 g/mol. The zero-order chi connectivity index (χ0) is 13.8. The molecule has 1 N–H and O–H groups in total. The van der Waals surface area contributed by atoms with E-state index >= 15 is 0 Å². The molecule has 3 rings (SSSR count). The van der Waals surface area contributed by atoms with Crippen molar-refractivity contribution in [3.8, 4) is 0 Å². The van der Waals surface area contributed by atoms with Crippen molar-refractivity contribution in [2.24, 2.45) is 11.8 Å². The van der Waals surface area contributed by atoms with Gasteiger partial charge in [-0.25, -0.2) is 0 Å². The van der Waals surface area contributed by atoms with Crippen LogP contribution in [0, 0.1) is 11.8 Å². The van der Waals surface area contributed by atoms with Gasteiger partial charge in [-0.2, -0.15) is 0 Å². The van der Waals surface area contributed by atoms with E-state index < -0.39 is 0 Å². The van der Waals surface area contributed by atoms with Gasteiger partial charge in [0.2, 0.25) is 0 Å². The minimum absolute atomic E-state index is 0.842. The fourth-order valence-corrected chi connectivity index (χ4v) is 5.02. The molecule has 2 saturated heterocycles. The molecule has 0 aromatic rings. The van der Waals surface area contributed by atoms with Crippen LogP contribution in [-0.4, -0.2) is 36.6 Å². The summed E-state index contributed by atoms with van der Waals surface area (Å²) in [6.07, 6.45) is 14.6. The Morgan fingerprint density at radius 2 is 1.85 bits per heavy atom. The van der Waals surface area contributed by atoms with Gasteiger partial charge in [0.05, 0.1) is 0 Å². The van der Waals surface area contributed by atoms with Crippen molar-refractivity contribution >= 4 is 0 Å². The molecule has 2 atom stereocenters. The molecule has 3 fully saturated rings. The molecule has 0 aromatic carbocycles. The Morgan fingerprint density at radius 3 is 2.55 bits per heavy atom. The number of piperidine rings is 1. The highest BCUT2D eigenvalue weighted by Crippen LogP contribution is 2.33. The van der Waals surface area contributed by atoms with E-state index in [1.54, 1.807) is 0 Å². The van der Waals surface area contributed by atoms with Gasteiger partial charge in [0.1, 0.15) is 0 Å². The SMILES string of the molecule is CCCC1CCC(N2CCCC(C3CCCN3)C2)CC1. The Morgan fingerprint density at radius 1 is 1.00 bits per heavy atom. The smallest absolute Gasteiger partial charge is 0.0108 e. The molecule has 116 valence electrons. The Kier molecular flexibility index (Phi) is 5.39. The number of hydrogen-bond acceptors (Lipinski definition) is 2. The van der Waals surface area contributed by atoms with Gasteiger partial charge in [0.25, 0.3) is 0 Å². The number of nitrogens with zero attached hydrogens (tertiary/aromatic N) is 1. The third kappa shape index (κ3) is 3.57. The molecule has 0 aromatic heterocycles. The van der Waals surface area contributed by atoms with Crippen molar-refractivity contribution in [1.29, 1.82) is 0 Å². The molecule has 0 bridgehead atoms. The van der Waals surface area contributed by atoms with Crippen molar-refractivity contribution in [3.05, 3.63) is 0 Å². The van der Waals surface area contributed by atoms with Crippen LogP contribution in [0.1, 0.15) is 71.1 Å². The molecule has 1 saturated carbocycles. The zero-order valence-corrected chi connectivity index (χ0v) is 13.4. The summed E-state index contributed by atoms with van der Waals surface area (Å²) in [7, 11) is 0. The predicted molar refractivity (Wildman–Crippen MR) is 86.0 cm³/mol. The largest absolute Gasteiger partial charge is 0.314 e. The molecule has 0 spiro atoms. The lowest BCUT2D eigenvalue weighted by molar-refractivity contribution is 0.0754.